The highest BCUT2D eigenvalue weighted by Crippen LogP contribution is 2.22. The van der Waals surface area contributed by atoms with E-state index in [1.54, 1.807) is 31.2 Å². The van der Waals surface area contributed by atoms with E-state index in [9.17, 15) is 9.59 Å². The summed E-state index contributed by atoms with van der Waals surface area (Å²) in [4.78, 5) is 22.9. The number of carboxylic acids is 1. The molecule has 0 spiro atoms. The number of amides is 1. The van der Waals surface area contributed by atoms with Crippen LogP contribution in [0.2, 0.25) is 5.02 Å². The molecule has 0 aliphatic heterocycles. The Labute approximate surface area is 132 Å². The first-order valence-electron chi connectivity index (χ1n) is 6.65. The molecule has 0 aliphatic carbocycles. The second-order valence-electron chi connectivity index (χ2n) is 4.98. The first-order valence-corrected chi connectivity index (χ1v) is 7.02. The van der Waals surface area contributed by atoms with E-state index in [1.165, 1.54) is 13.0 Å². The Morgan fingerprint density at radius 3 is 2.68 bits per heavy atom. The summed E-state index contributed by atoms with van der Waals surface area (Å²) in [5, 5.41) is 15.9. The van der Waals surface area contributed by atoms with Crippen molar-refractivity contribution in [3.8, 4) is 11.3 Å². The fourth-order valence-electron chi connectivity index (χ4n) is 1.78. The molecule has 1 heterocycles. The van der Waals surface area contributed by atoms with Gasteiger partial charge < -0.3 is 14.9 Å². The minimum absolute atomic E-state index is 0.0133. The number of nitrogens with zero attached hydrogens (tertiary/aromatic N) is 1. The van der Waals surface area contributed by atoms with Gasteiger partial charge in [-0.1, -0.05) is 28.9 Å². The molecule has 1 aromatic carbocycles. The molecule has 1 aromatic heterocycles. The Kier molecular flexibility index (Phi) is 4.82. The van der Waals surface area contributed by atoms with Gasteiger partial charge in [-0.15, -0.1) is 0 Å². The van der Waals surface area contributed by atoms with Crippen molar-refractivity contribution in [1.82, 2.24) is 10.5 Å². The van der Waals surface area contributed by atoms with Gasteiger partial charge in [0.05, 0.1) is 5.92 Å². The number of benzene rings is 1. The molecule has 116 valence electrons. The number of carbonyl (C=O) groups excluding carboxylic acids is 1. The van der Waals surface area contributed by atoms with Crippen molar-refractivity contribution in [3.05, 3.63) is 41.1 Å². The molecule has 2 unspecified atom stereocenters. The fraction of sp³-hybridized carbons (Fsp3) is 0.267. The first-order chi connectivity index (χ1) is 10.4. The third-order valence-electron chi connectivity index (χ3n) is 3.35. The zero-order chi connectivity index (χ0) is 16.3. The number of halogens is 1. The molecule has 6 nitrogen and oxygen atoms in total. The van der Waals surface area contributed by atoms with Crippen LogP contribution in [0.5, 0.6) is 0 Å². The van der Waals surface area contributed by atoms with E-state index in [2.05, 4.69) is 10.5 Å². The van der Waals surface area contributed by atoms with E-state index in [0.717, 1.165) is 5.56 Å². The lowest BCUT2D eigenvalue weighted by Crippen LogP contribution is -2.39. The maximum absolute atomic E-state index is 12.0. The third kappa shape index (κ3) is 3.65. The van der Waals surface area contributed by atoms with Crippen molar-refractivity contribution in [2.45, 2.75) is 19.9 Å². The van der Waals surface area contributed by atoms with Gasteiger partial charge in [-0.25, -0.2) is 0 Å². The van der Waals surface area contributed by atoms with Crippen LogP contribution in [-0.2, 0) is 4.79 Å². The zero-order valence-electron chi connectivity index (χ0n) is 12.0. The van der Waals surface area contributed by atoms with Crippen LogP contribution in [0.4, 0.5) is 0 Å². The lowest BCUT2D eigenvalue weighted by Gasteiger charge is -2.16. The number of nitrogens with one attached hydrogen (secondary N) is 1. The summed E-state index contributed by atoms with van der Waals surface area (Å²) in [6, 6.07) is 7.94. The number of carbonyl (C=O) groups is 2. The van der Waals surface area contributed by atoms with Crippen molar-refractivity contribution < 1.29 is 19.2 Å². The standard InChI is InChI=1S/C15H15ClN2O4/c1-8(15(20)21)9(2)17-14(19)13-7-12(18-22-13)10-4-3-5-11(16)6-10/h3-9H,1-2H3,(H,17,19)(H,20,21). The summed E-state index contributed by atoms with van der Waals surface area (Å²) >= 11 is 5.90. The molecule has 0 bridgehead atoms. The number of rotatable bonds is 5. The molecule has 7 heteroatoms. The molecule has 0 saturated heterocycles. The largest absolute Gasteiger partial charge is 0.481 e. The number of hydrogen-bond acceptors (Lipinski definition) is 4. The molecule has 0 fully saturated rings. The van der Waals surface area contributed by atoms with Gasteiger partial charge in [0.1, 0.15) is 5.69 Å². The van der Waals surface area contributed by atoms with Crippen LogP contribution in [0, 0.1) is 5.92 Å². The predicted molar refractivity (Wildman–Crippen MR) is 80.7 cm³/mol. The lowest BCUT2D eigenvalue weighted by molar-refractivity contribution is -0.141. The molecule has 0 radical (unpaired) electrons. The molecule has 2 aromatic rings. The van der Waals surface area contributed by atoms with E-state index in [1.807, 2.05) is 0 Å². The van der Waals surface area contributed by atoms with Gasteiger partial charge in [0.25, 0.3) is 5.91 Å². The Bertz CT molecular complexity index is 698. The SMILES string of the molecule is CC(NC(=O)c1cc(-c2cccc(Cl)c2)no1)C(C)C(=O)O. The van der Waals surface area contributed by atoms with Crippen LogP contribution >= 0.6 is 11.6 Å². The minimum atomic E-state index is -0.981. The molecule has 1 amide bonds. The normalized spacial score (nSPS) is 13.4. The number of aliphatic carboxylic acids is 1. The van der Waals surface area contributed by atoms with Gasteiger partial charge in [0, 0.05) is 22.7 Å². The maximum atomic E-state index is 12.0. The summed E-state index contributed by atoms with van der Waals surface area (Å²) in [6.45, 7) is 3.13. The first kappa shape index (κ1) is 16.0. The van der Waals surface area contributed by atoms with Gasteiger partial charge >= 0.3 is 5.97 Å². The lowest BCUT2D eigenvalue weighted by atomic mass is 10.0. The summed E-state index contributed by atoms with van der Waals surface area (Å²) in [7, 11) is 0. The molecule has 22 heavy (non-hydrogen) atoms. The van der Waals surface area contributed by atoms with Crippen molar-refractivity contribution in [1.29, 1.82) is 0 Å². The Morgan fingerprint density at radius 2 is 2.05 bits per heavy atom. The summed E-state index contributed by atoms with van der Waals surface area (Å²) in [5.41, 5.74) is 1.20. The van der Waals surface area contributed by atoms with Gasteiger partial charge in [0.15, 0.2) is 0 Å². The molecular weight excluding hydrogens is 308 g/mol. The molecular formula is C15H15ClN2O4. The van der Waals surface area contributed by atoms with E-state index in [-0.39, 0.29) is 5.76 Å². The van der Waals surface area contributed by atoms with Gasteiger partial charge in [-0.3, -0.25) is 9.59 Å². The highest BCUT2D eigenvalue weighted by molar-refractivity contribution is 6.30. The van der Waals surface area contributed by atoms with Gasteiger partial charge in [0.2, 0.25) is 5.76 Å². The Morgan fingerprint density at radius 1 is 1.32 bits per heavy atom. The van der Waals surface area contributed by atoms with Crippen LogP contribution in [0.15, 0.2) is 34.9 Å². The van der Waals surface area contributed by atoms with Gasteiger partial charge in [-0.05, 0) is 26.0 Å². The second kappa shape index (κ2) is 6.62. The minimum Gasteiger partial charge on any atom is -0.481 e. The average molecular weight is 323 g/mol. The maximum Gasteiger partial charge on any atom is 0.308 e. The molecule has 0 saturated carbocycles. The van der Waals surface area contributed by atoms with Crippen LogP contribution < -0.4 is 5.32 Å². The Balaban J connectivity index is 2.11. The predicted octanol–water partition coefficient (Wildman–Crippen LogP) is 2.83. The highest BCUT2D eigenvalue weighted by atomic mass is 35.5. The van der Waals surface area contributed by atoms with Crippen LogP contribution in [0.1, 0.15) is 24.4 Å². The summed E-state index contributed by atoms with van der Waals surface area (Å²) in [6.07, 6.45) is 0. The molecule has 0 aliphatic rings. The van der Waals surface area contributed by atoms with Crippen molar-refractivity contribution in [2.24, 2.45) is 5.92 Å². The van der Waals surface area contributed by atoms with Crippen molar-refractivity contribution in [3.63, 3.8) is 0 Å². The number of hydrogen-bond donors (Lipinski definition) is 2. The van der Waals surface area contributed by atoms with Crippen LogP contribution in [0.3, 0.4) is 0 Å². The zero-order valence-corrected chi connectivity index (χ0v) is 12.8. The Hall–Kier alpha value is -2.34. The topological polar surface area (TPSA) is 92.4 Å². The molecule has 2 rings (SSSR count). The van der Waals surface area contributed by atoms with Crippen molar-refractivity contribution in [2.75, 3.05) is 0 Å². The monoisotopic (exact) mass is 322 g/mol. The van der Waals surface area contributed by atoms with Gasteiger partial charge in [-0.2, -0.15) is 0 Å². The molecule has 2 atom stereocenters. The van der Waals surface area contributed by atoms with Crippen LogP contribution in [-0.4, -0.2) is 28.2 Å². The average Bonchev–Trinajstić information content (AvgIpc) is 2.96. The summed E-state index contributed by atoms with van der Waals surface area (Å²) in [5.74, 6) is -2.19. The number of aromatic nitrogens is 1. The quantitative estimate of drug-likeness (QED) is 0.883. The van der Waals surface area contributed by atoms with E-state index < -0.39 is 23.8 Å². The van der Waals surface area contributed by atoms with Crippen LogP contribution in [0.25, 0.3) is 11.3 Å². The number of carboxylic acid groups (broad SMARTS) is 1. The third-order valence-corrected chi connectivity index (χ3v) is 3.59. The van der Waals surface area contributed by atoms with E-state index >= 15 is 0 Å². The van der Waals surface area contributed by atoms with E-state index in [0.29, 0.717) is 10.7 Å². The molecule has 2 N–H and O–H groups in total. The second-order valence-corrected chi connectivity index (χ2v) is 5.41. The van der Waals surface area contributed by atoms with E-state index in [4.69, 9.17) is 21.2 Å². The smallest absolute Gasteiger partial charge is 0.308 e. The fourth-order valence-corrected chi connectivity index (χ4v) is 1.97. The summed E-state index contributed by atoms with van der Waals surface area (Å²) < 4.78 is 5.01. The van der Waals surface area contributed by atoms with Crippen molar-refractivity contribution >= 4 is 23.5 Å². The highest BCUT2D eigenvalue weighted by Gasteiger charge is 2.23.